The van der Waals surface area contributed by atoms with Gasteiger partial charge in [-0.15, -0.1) is 0 Å². The molecule has 0 radical (unpaired) electrons. The van der Waals surface area contributed by atoms with Crippen LogP contribution in [0, 0.1) is 18.6 Å². The molecule has 8 nitrogen and oxygen atoms in total. The van der Waals surface area contributed by atoms with Crippen molar-refractivity contribution in [3.63, 3.8) is 0 Å². The number of hydrazone groups is 1. The molecule has 2 aliphatic heterocycles. The fourth-order valence-electron chi connectivity index (χ4n) is 4.47. The molecule has 3 heterocycles. The Balaban J connectivity index is 1.42. The van der Waals surface area contributed by atoms with Gasteiger partial charge in [0.25, 0.3) is 11.8 Å². The number of hydrogen-bond donors (Lipinski definition) is 1. The van der Waals surface area contributed by atoms with Crippen molar-refractivity contribution in [2.45, 2.75) is 31.8 Å². The predicted molar refractivity (Wildman–Crippen MR) is 125 cm³/mol. The first-order valence-electron chi connectivity index (χ1n) is 11.3. The fourth-order valence-corrected chi connectivity index (χ4v) is 4.47. The maximum atomic E-state index is 14.4. The van der Waals surface area contributed by atoms with E-state index >= 15 is 0 Å². The third kappa shape index (κ3) is 3.94. The number of aryl methyl sites for hydroxylation is 1. The van der Waals surface area contributed by atoms with E-state index in [4.69, 9.17) is 4.42 Å². The molecule has 5 rings (SSSR count). The normalized spacial score (nSPS) is 21.7. The Morgan fingerprint density at radius 3 is 2.61 bits per heavy atom. The first-order chi connectivity index (χ1) is 17.2. The Kier molecular flexibility index (Phi) is 5.66. The van der Waals surface area contributed by atoms with Crippen molar-refractivity contribution in [1.82, 2.24) is 15.2 Å². The van der Waals surface area contributed by atoms with Gasteiger partial charge in [0.15, 0.2) is 0 Å². The Morgan fingerprint density at radius 2 is 1.92 bits per heavy atom. The van der Waals surface area contributed by atoms with Crippen LogP contribution in [0.5, 0.6) is 0 Å². The minimum Gasteiger partial charge on any atom is -0.467 e. The van der Waals surface area contributed by atoms with E-state index in [9.17, 15) is 23.2 Å². The zero-order valence-corrected chi connectivity index (χ0v) is 19.5. The molecular formula is C26H22F2N4O4. The summed E-state index contributed by atoms with van der Waals surface area (Å²) in [6.45, 7) is 2.59. The van der Waals surface area contributed by atoms with Gasteiger partial charge in [0.2, 0.25) is 0 Å². The quantitative estimate of drug-likeness (QED) is 0.545. The number of halogens is 2. The monoisotopic (exact) mass is 492 g/mol. The van der Waals surface area contributed by atoms with E-state index in [0.29, 0.717) is 22.8 Å². The van der Waals surface area contributed by atoms with Crippen molar-refractivity contribution in [3.8, 4) is 0 Å². The van der Waals surface area contributed by atoms with Gasteiger partial charge in [-0.05, 0) is 49.7 Å². The summed E-state index contributed by atoms with van der Waals surface area (Å²) < 4.78 is 33.8. The van der Waals surface area contributed by atoms with E-state index in [1.807, 2.05) is 31.2 Å². The highest BCUT2D eigenvalue weighted by atomic mass is 19.1. The van der Waals surface area contributed by atoms with Gasteiger partial charge < -0.3 is 9.73 Å². The van der Waals surface area contributed by atoms with E-state index in [-0.39, 0.29) is 5.56 Å². The van der Waals surface area contributed by atoms with Gasteiger partial charge in [-0.3, -0.25) is 14.5 Å². The Morgan fingerprint density at radius 1 is 1.17 bits per heavy atom. The second-order valence-electron chi connectivity index (χ2n) is 8.96. The summed E-state index contributed by atoms with van der Waals surface area (Å²) in [5.74, 6) is -2.63. The molecular weight excluding hydrogens is 470 g/mol. The van der Waals surface area contributed by atoms with Crippen molar-refractivity contribution in [3.05, 3.63) is 94.9 Å². The van der Waals surface area contributed by atoms with Gasteiger partial charge >= 0.3 is 6.03 Å². The number of nitrogens with zero attached hydrogens (tertiary/aromatic N) is 3. The lowest BCUT2D eigenvalue weighted by Crippen LogP contribution is -2.44. The molecule has 2 aliphatic rings. The van der Waals surface area contributed by atoms with Crippen LogP contribution >= 0.6 is 0 Å². The lowest BCUT2D eigenvalue weighted by molar-refractivity contribution is -0.140. The highest BCUT2D eigenvalue weighted by Crippen LogP contribution is 2.35. The fraction of sp³-hybridized carbons (Fsp3) is 0.231. The molecule has 10 heteroatoms. The third-order valence-electron chi connectivity index (χ3n) is 6.46. The van der Waals surface area contributed by atoms with Crippen LogP contribution in [0.15, 0.2) is 70.4 Å². The molecule has 1 aromatic heterocycles. The average molecular weight is 492 g/mol. The van der Waals surface area contributed by atoms with Gasteiger partial charge in [0.05, 0.1) is 12.0 Å². The van der Waals surface area contributed by atoms with E-state index in [0.717, 1.165) is 29.3 Å². The summed E-state index contributed by atoms with van der Waals surface area (Å²) in [5.41, 5.74) is 0.352. The minimum absolute atomic E-state index is 0.329. The SMILES string of the molecule is Cc1ccc(C2=NN(C(=O)CN3C(=O)N[C@](C)(c4cc(F)ccc4F)C3=O)[C@@H](c3ccco3)C2)cc1. The van der Waals surface area contributed by atoms with E-state index in [2.05, 4.69) is 10.4 Å². The van der Waals surface area contributed by atoms with Crippen LogP contribution in [0.1, 0.15) is 41.8 Å². The number of rotatable bonds is 5. The van der Waals surface area contributed by atoms with Gasteiger partial charge in [0.1, 0.15) is 35.5 Å². The van der Waals surface area contributed by atoms with Crippen LogP contribution in [-0.2, 0) is 15.1 Å². The van der Waals surface area contributed by atoms with Crippen LogP contribution in [-0.4, -0.2) is 40.0 Å². The summed E-state index contributed by atoms with van der Waals surface area (Å²) in [6.07, 6.45) is 1.85. The summed E-state index contributed by atoms with van der Waals surface area (Å²) >= 11 is 0. The maximum Gasteiger partial charge on any atom is 0.325 e. The number of furan rings is 1. The van der Waals surface area contributed by atoms with Crippen LogP contribution in [0.25, 0.3) is 0 Å². The van der Waals surface area contributed by atoms with Crippen molar-refractivity contribution in [1.29, 1.82) is 0 Å². The molecule has 184 valence electrons. The number of carbonyl (C=O) groups excluding carboxylic acids is 3. The molecule has 0 bridgehead atoms. The van der Waals surface area contributed by atoms with Crippen LogP contribution < -0.4 is 5.32 Å². The van der Waals surface area contributed by atoms with Crippen LogP contribution in [0.3, 0.4) is 0 Å². The molecule has 0 saturated carbocycles. The van der Waals surface area contributed by atoms with Crippen molar-refractivity contribution < 1.29 is 27.6 Å². The van der Waals surface area contributed by atoms with Crippen LogP contribution in [0.2, 0.25) is 0 Å². The highest BCUT2D eigenvalue weighted by Gasteiger charge is 2.51. The largest absolute Gasteiger partial charge is 0.467 e. The van der Waals surface area contributed by atoms with Crippen molar-refractivity contribution in [2.75, 3.05) is 6.54 Å². The summed E-state index contributed by atoms with van der Waals surface area (Å²) in [7, 11) is 0. The number of benzene rings is 2. The topological polar surface area (TPSA) is 95.2 Å². The summed E-state index contributed by atoms with van der Waals surface area (Å²) in [6, 6.07) is 12.3. The molecule has 0 unspecified atom stereocenters. The van der Waals surface area contributed by atoms with Crippen LogP contribution in [0.4, 0.5) is 13.6 Å². The van der Waals surface area contributed by atoms with Gasteiger partial charge in [-0.2, -0.15) is 5.10 Å². The molecule has 0 aliphatic carbocycles. The molecule has 0 spiro atoms. The minimum atomic E-state index is -1.87. The lowest BCUT2D eigenvalue weighted by atomic mass is 9.91. The molecule has 1 fully saturated rings. The standard InChI is InChI=1S/C26H22F2N4O4/c1-15-5-7-16(8-6-15)20-13-21(22-4-3-11-36-22)32(30-20)23(33)14-31-24(34)26(2,29-25(31)35)18-12-17(27)9-10-19(18)28/h3-12,21H,13-14H2,1-2H3,(H,29,35)/t21-,26-/m1/s1. The molecule has 3 aromatic rings. The van der Waals surface area contributed by atoms with Gasteiger partial charge in [-0.25, -0.2) is 18.6 Å². The molecule has 2 aromatic carbocycles. The van der Waals surface area contributed by atoms with Gasteiger partial charge in [0, 0.05) is 12.0 Å². The van der Waals surface area contributed by atoms with Crippen molar-refractivity contribution in [2.24, 2.45) is 5.10 Å². The number of imide groups is 1. The number of amides is 4. The lowest BCUT2D eigenvalue weighted by Gasteiger charge is -2.24. The predicted octanol–water partition coefficient (Wildman–Crippen LogP) is 4.01. The zero-order chi connectivity index (χ0) is 25.6. The second-order valence-corrected chi connectivity index (χ2v) is 8.96. The first-order valence-corrected chi connectivity index (χ1v) is 11.3. The Labute approximate surface area is 205 Å². The van der Waals surface area contributed by atoms with E-state index in [1.165, 1.54) is 18.2 Å². The Bertz CT molecular complexity index is 1390. The third-order valence-corrected chi connectivity index (χ3v) is 6.46. The number of urea groups is 1. The number of nitrogens with one attached hydrogen (secondary N) is 1. The summed E-state index contributed by atoms with van der Waals surface area (Å²) in [5, 5.41) is 8.10. The zero-order valence-electron chi connectivity index (χ0n) is 19.5. The highest BCUT2D eigenvalue weighted by molar-refractivity contribution is 6.09. The molecule has 1 N–H and O–H groups in total. The molecule has 36 heavy (non-hydrogen) atoms. The molecule has 1 saturated heterocycles. The first kappa shape index (κ1) is 23.4. The maximum absolute atomic E-state index is 14.4. The number of carbonyl (C=O) groups is 3. The average Bonchev–Trinajstić information content (AvgIpc) is 3.57. The van der Waals surface area contributed by atoms with E-state index < -0.39 is 47.6 Å². The van der Waals surface area contributed by atoms with Gasteiger partial charge in [-0.1, -0.05) is 29.8 Å². The second kappa shape index (κ2) is 8.71. The van der Waals surface area contributed by atoms with Crippen molar-refractivity contribution >= 4 is 23.6 Å². The molecule has 4 amide bonds. The Hall–Kier alpha value is -4.34. The molecule has 2 atom stereocenters. The number of hydrogen-bond acceptors (Lipinski definition) is 5. The summed E-state index contributed by atoms with van der Waals surface area (Å²) in [4.78, 5) is 40.0. The van der Waals surface area contributed by atoms with E-state index in [1.54, 1.807) is 12.1 Å². The smallest absolute Gasteiger partial charge is 0.325 e.